The molecule has 0 aliphatic carbocycles. The molecule has 2 aliphatic heterocycles. The summed E-state index contributed by atoms with van der Waals surface area (Å²) >= 11 is 2.53. The smallest absolute Gasteiger partial charge is 0.346 e. The number of hydrogen-bond acceptors (Lipinski definition) is 7. The molecule has 37 heavy (non-hydrogen) atoms. The molecular weight excluding hydrogens is 503 g/mol. The van der Waals surface area contributed by atoms with E-state index in [0.29, 0.717) is 6.35 Å². The van der Waals surface area contributed by atoms with Gasteiger partial charge in [0.15, 0.2) is 11.1 Å². The van der Waals surface area contributed by atoms with Gasteiger partial charge in [0.05, 0.1) is 0 Å². The van der Waals surface area contributed by atoms with Crippen LogP contribution in [0.5, 0.6) is 5.75 Å². The van der Waals surface area contributed by atoms with E-state index in [0.717, 1.165) is 47.5 Å². The summed E-state index contributed by atoms with van der Waals surface area (Å²) < 4.78 is 18.4. The first kappa shape index (κ1) is 27.6. The van der Waals surface area contributed by atoms with Crippen molar-refractivity contribution in [2.75, 3.05) is 12.9 Å². The summed E-state index contributed by atoms with van der Waals surface area (Å²) in [5.74, 6) is 0.873. The lowest BCUT2D eigenvalue weighted by Gasteiger charge is -2.09. The average molecular weight is 540 g/mol. The van der Waals surface area contributed by atoms with Crippen molar-refractivity contribution >= 4 is 36.8 Å². The van der Waals surface area contributed by atoms with Gasteiger partial charge in [-0.2, -0.15) is 0 Å². The third kappa shape index (κ3) is 5.85. The van der Waals surface area contributed by atoms with Gasteiger partial charge in [0.25, 0.3) is 0 Å². The molecule has 6 rings (SSSR count). The number of thiol groups is 1. The van der Waals surface area contributed by atoms with E-state index < -0.39 is 7.64 Å². The van der Waals surface area contributed by atoms with Gasteiger partial charge in [0.1, 0.15) is 5.69 Å². The molecule has 2 aliphatic rings. The van der Waals surface area contributed by atoms with E-state index in [1.54, 1.807) is 0 Å². The van der Waals surface area contributed by atoms with Crippen molar-refractivity contribution < 1.29 is 13.9 Å². The van der Waals surface area contributed by atoms with E-state index in [4.69, 9.17) is 18.9 Å². The Labute approximate surface area is 225 Å². The summed E-state index contributed by atoms with van der Waals surface area (Å²) in [6, 6.07) is 17.3. The second-order valence-corrected chi connectivity index (χ2v) is 11.7. The van der Waals surface area contributed by atoms with Gasteiger partial charge in [-0.25, -0.2) is 4.98 Å². The summed E-state index contributed by atoms with van der Waals surface area (Å²) in [5.41, 5.74) is 9.29. The Bertz CT molecular complexity index is 1370. The molecule has 4 N–H and O–H groups in total. The van der Waals surface area contributed by atoms with Gasteiger partial charge in [-0.3, -0.25) is 0 Å². The van der Waals surface area contributed by atoms with Crippen molar-refractivity contribution in [3.05, 3.63) is 76.6 Å². The minimum atomic E-state index is -1.77. The number of H-pyrrole nitrogens is 1. The Hall–Kier alpha value is -2.45. The molecule has 4 heterocycles. The number of fused-ring (bicyclic) bond motifs is 3. The van der Waals surface area contributed by atoms with Crippen LogP contribution in [0.15, 0.2) is 48.5 Å². The quantitative estimate of drug-likeness (QED) is 0.0651. The zero-order chi connectivity index (χ0) is 26.6. The Morgan fingerprint density at radius 1 is 1.03 bits per heavy atom. The molecule has 1 atom stereocenters. The maximum absolute atomic E-state index is 6.69. The predicted molar refractivity (Wildman–Crippen MR) is 157 cm³/mol. The van der Waals surface area contributed by atoms with Gasteiger partial charge in [-0.15, -0.1) is 0 Å². The highest BCUT2D eigenvalue weighted by molar-refractivity contribution is 7.81. The Morgan fingerprint density at radius 2 is 1.76 bits per heavy atom. The third-order valence-electron chi connectivity index (χ3n) is 6.44. The summed E-state index contributed by atoms with van der Waals surface area (Å²) in [6.45, 7) is 12.0. The lowest BCUT2D eigenvalue weighted by molar-refractivity contribution is 0.395. The van der Waals surface area contributed by atoms with Gasteiger partial charge in [-0.05, 0) is 56.9 Å². The summed E-state index contributed by atoms with van der Waals surface area (Å²) in [6.07, 6.45) is 1.42. The van der Waals surface area contributed by atoms with Crippen molar-refractivity contribution in [1.29, 1.82) is 0 Å². The number of aromatic nitrogens is 2. The lowest BCUT2D eigenvalue weighted by atomic mass is 10.1. The molecule has 196 valence electrons. The van der Waals surface area contributed by atoms with E-state index >= 15 is 0 Å². The number of nitrogens with one attached hydrogen (secondary N) is 3. The molecule has 0 saturated carbocycles. The predicted octanol–water partition coefficient (Wildman–Crippen LogP) is 6.26. The molecule has 1 unspecified atom stereocenters. The number of pyridine rings is 1. The van der Waals surface area contributed by atoms with E-state index in [1.807, 2.05) is 13.8 Å². The molecule has 9 heteroatoms. The van der Waals surface area contributed by atoms with Gasteiger partial charge in [-0.1, -0.05) is 54.4 Å². The zero-order valence-electron chi connectivity index (χ0n) is 22.1. The third-order valence-corrected chi connectivity index (χ3v) is 8.67. The lowest BCUT2D eigenvalue weighted by Crippen LogP contribution is -2.18. The van der Waals surface area contributed by atoms with Gasteiger partial charge < -0.3 is 19.6 Å². The zero-order valence-corrected chi connectivity index (χ0v) is 23.8. The Balaban J connectivity index is 0.000000765. The second kappa shape index (κ2) is 11.9. The number of benzene rings is 2. The number of hydrogen-bond donors (Lipinski definition) is 5. The van der Waals surface area contributed by atoms with Crippen LogP contribution in [0.4, 0.5) is 0 Å². The number of nitrogens with zero attached hydrogens (tertiary/aromatic N) is 1. The number of ether oxygens (including phenoxy) is 1. The topological polar surface area (TPSA) is 105 Å². The molecule has 1 spiro atoms. The normalized spacial score (nSPS) is 16.9. The highest BCUT2D eigenvalue weighted by Gasteiger charge is 2.67. The van der Waals surface area contributed by atoms with E-state index in [2.05, 4.69) is 97.8 Å². The van der Waals surface area contributed by atoms with Crippen LogP contribution in [-0.2, 0) is 17.6 Å². The van der Waals surface area contributed by atoms with E-state index in [1.165, 1.54) is 33.3 Å². The molecule has 4 aromatic rings. The van der Waals surface area contributed by atoms with Crippen LogP contribution in [-0.4, -0.2) is 27.4 Å². The Kier molecular flexibility index (Phi) is 8.90. The van der Waals surface area contributed by atoms with Gasteiger partial charge in [0, 0.05) is 58.7 Å². The largest absolute Gasteiger partial charge is 0.448 e. The molecule has 0 bridgehead atoms. The van der Waals surface area contributed by atoms with Crippen LogP contribution in [0.1, 0.15) is 41.9 Å². The molecule has 2 aromatic carbocycles. The molecule has 0 amide bonds. The van der Waals surface area contributed by atoms with Crippen LogP contribution >= 0.6 is 20.5 Å². The highest BCUT2D eigenvalue weighted by atomic mass is 32.1. The summed E-state index contributed by atoms with van der Waals surface area (Å²) in [4.78, 5) is 8.55. The maximum atomic E-state index is 6.69. The first-order chi connectivity index (χ1) is 18.0. The van der Waals surface area contributed by atoms with E-state index in [-0.39, 0.29) is 0 Å². The SMILES string of the molecule is CC.Cc1ccc(-c2nc(CCNCc3cc4c(C)cc(C)cc4[nH]3)cc3c2OC[P+]32NO2)cc1.OS. The van der Waals surface area contributed by atoms with Crippen LogP contribution in [0.2, 0.25) is 0 Å². The minimum Gasteiger partial charge on any atom is -0.448 e. The molecule has 0 radical (unpaired) electrons. The molecule has 1 saturated heterocycles. The highest BCUT2D eigenvalue weighted by Crippen LogP contribution is 2.71. The summed E-state index contributed by atoms with van der Waals surface area (Å²) in [7, 11) is -1.77. The van der Waals surface area contributed by atoms with Crippen LogP contribution in [0.25, 0.3) is 22.2 Å². The monoisotopic (exact) mass is 539 g/mol. The number of aryl methyl sites for hydroxylation is 3. The molecule has 2 aromatic heterocycles. The van der Waals surface area contributed by atoms with Crippen LogP contribution in [0.3, 0.4) is 0 Å². The molecule has 7 nitrogen and oxygen atoms in total. The van der Waals surface area contributed by atoms with Crippen LogP contribution < -0.4 is 20.6 Å². The van der Waals surface area contributed by atoms with Crippen molar-refractivity contribution in [2.24, 2.45) is 0 Å². The number of aromatic amines is 1. The van der Waals surface area contributed by atoms with Crippen LogP contribution in [0, 0.1) is 20.8 Å². The maximum Gasteiger partial charge on any atom is 0.346 e. The first-order valence-corrected chi connectivity index (χ1v) is 14.9. The second-order valence-electron chi connectivity index (χ2n) is 9.14. The minimum absolute atomic E-state index is 0.587. The van der Waals surface area contributed by atoms with Crippen molar-refractivity contribution in [2.45, 2.75) is 47.6 Å². The standard InChI is InChI=1S/C26H28N4O2P.C2H6.H2OS/c1-16-4-6-19(7-5-16)25-26-24(33(15-31-26)30-32-33)13-20(29-25)8-9-27-14-21-12-22-18(3)10-17(2)11-23(22)28-21;2*1-2/h4-7,10-13,27-28,30H,8-9,14-15H2,1-3H3;1-2H3;1-2H/q+1;;. The first-order valence-electron chi connectivity index (χ1n) is 12.6. The Morgan fingerprint density at radius 3 is 2.46 bits per heavy atom. The fraction of sp³-hybridized carbons (Fsp3) is 0.321. The average Bonchev–Trinajstić information content (AvgIpc) is 3.45. The molecular formula is C28H36N4O3PS+. The van der Waals surface area contributed by atoms with Gasteiger partial charge in [0.2, 0.25) is 6.35 Å². The summed E-state index contributed by atoms with van der Waals surface area (Å²) in [5, 5.41) is 9.16. The molecule has 1 fully saturated rings. The van der Waals surface area contributed by atoms with E-state index in [9.17, 15) is 0 Å². The van der Waals surface area contributed by atoms with Crippen molar-refractivity contribution in [1.82, 2.24) is 20.5 Å². The fourth-order valence-electron chi connectivity index (χ4n) is 4.63. The van der Waals surface area contributed by atoms with Gasteiger partial charge >= 0.3 is 7.64 Å². The van der Waals surface area contributed by atoms with Crippen molar-refractivity contribution in [3.8, 4) is 17.0 Å². The number of rotatable bonds is 6. The fourth-order valence-corrected chi connectivity index (χ4v) is 6.64. The van der Waals surface area contributed by atoms with Crippen molar-refractivity contribution in [3.63, 3.8) is 0 Å².